The molecule has 7 nitrogen and oxygen atoms in total. The number of halogens is 1. The van der Waals surface area contributed by atoms with Crippen LogP contribution in [0.25, 0.3) is 10.4 Å². The molecule has 5 rings (SSSR count). The number of amides is 1. The first-order chi connectivity index (χ1) is 18.9. The van der Waals surface area contributed by atoms with E-state index in [2.05, 4.69) is 32.4 Å². The van der Waals surface area contributed by atoms with Gasteiger partial charge in [-0.1, -0.05) is 30.3 Å². The SMILES string of the molecule is CN(C)CCNCc1cccc(-c2ccc(C(=O)N3N=C(c4cccnc4)CC3c3c(O)cccc3F)s2)c1. The summed E-state index contributed by atoms with van der Waals surface area (Å²) in [6.45, 7) is 2.61. The van der Waals surface area contributed by atoms with Gasteiger partial charge in [0, 0.05) is 48.9 Å². The second-order valence-electron chi connectivity index (χ2n) is 9.68. The molecule has 0 spiro atoms. The van der Waals surface area contributed by atoms with E-state index in [9.17, 15) is 14.3 Å². The molecule has 0 bridgehead atoms. The molecule has 0 saturated carbocycles. The number of aromatic hydroxyl groups is 1. The molecular weight excluding hydrogens is 513 g/mol. The van der Waals surface area contributed by atoms with Crippen LogP contribution < -0.4 is 5.32 Å². The van der Waals surface area contributed by atoms with Gasteiger partial charge >= 0.3 is 0 Å². The van der Waals surface area contributed by atoms with Gasteiger partial charge in [-0.3, -0.25) is 9.78 Å². The predicted octanol–water partition coefficient (Wildman–Crippen LogP) is 5.30. The summed E-state index contributed by atoms with van der Waals surface area (Å²) in [7, 11) is 4.10. The number of hydrogen-bond acceptors (Lipinski definition) is 7. The van der Waals surface area contributed by atoms with Crippen molar-refractivity contribution in [2.45, 2.75) is 19.0 Å². The molecule has 4 aromatic rings. The van der Waals surface area contributed by atoms with Crippen LogP contribution >= 0.6 is 11.3 Å². The number of rotatable bonds is 9. The molecule has 2 aromatic heterocycles. The standard InChI is InChI=1S/C30H30FN5O2S/c1-35(2)15-14-33-18-20-6-3-7-21(16-20)27-11-12-28(39-27)30(38)36-25(29-23(31)9-4-10-26(29)37)17-24(34-36)22-8-5-13-32-19-22/h3-13,16,19,25,33,37H,14-15,17-18H2,1-2H3. The Morgan fingerprint density at radius 3 is 2.72 bits per heavy atom. The molecule has 9 heteroatoms. The first-order valence-corrected chi connectivity index (χ1v) is 13.6. The summed E-state index contributed by atoms with van der Waals surface area (Å²) in [6, 6.07) is 19.0. The summed E-state index contributed by atoms with van der Waals surface area (Å²) < 4.78 is 14.9. The Labute approximate surface area is 231 Å². The highest BCUT2D eigenvalue weighted by atomic mass is 32.1. The van der Waals surface area contributed by atoms with Crippen molar-refractivity contribution < 1.29 is 14.3 Å². The minimum Gasteiger partial charge on any atom is -0.507 e. The number of phenols is 1. The molecule has 1 amide bonds. The van der Waals surface area contributed by atoms with Gasteiger partial charge in [0.05, 0.1) is 22.2 Å². The van der Waals surface area contributed by atoms with Gasteiger partial charge < -0.3 is 15.3 Å². The first kappa shape index (κ1) is 26.7. The van der Waals surface area contributed by atoms with Crippen molar-refractivity contribution in [3.8, 4) is 16.2 Å². The van der Waals surface area contributed by atoms with Crippen molar-refractivity contribution in [3.05, 3.63) is 107 Å². The van der Waals surface area contributed by atoms with E-state index in [1.54, 1.807) is 24.5 Å². The molecule has 2 N–H and O–H groups in total. The van der Waals surface area contributed by atoms with E-state index in [1.807, 2.05) is 38.4 Å². The average Bonchev–Trinajstić information content (AvgIpc) is 3.60. The van der Waals surface area contributed by atoms with E-state index in [0.717, 1.165) is 41.2 Å². The molecular formula is C30H30FN5O2S. The van der Waals surface area contributed by atoms with Crippen LogP contribution in [0, 0.1) is 5.82 Å². The van der Waals surface area contributed by atoms with Crippen LogP contribution in [0.5, 0.6) is 5.75 Å². The zero-order chi connectivity index (χ0) is 27.4. The molecule has 3 heterocycles. The lowest BCUT2D eigenvalue weighted by Gasteiger charge is -2.22. The summed E-state index contributed by atoms with van der Waals surface area (Å²) >= 11 is 1.37. The third-order valence-electron chi connectivity index (χ3n) is 6.57. The monoisotopic (exact) mass is 543 g/mol. The number of aromatic nitrogens is 1. The lowest BCUT2D eigenvalue weighted by Crippen LogP contribution is -2.27. The summed E-state index contributed by atoms with van der Waals surface area (Å²) in [5, 5.41) is 19.9. The van der Waals surface area contributed by atoms with Gasteiger partial charge in [-0.25, -0.2) is 9.40 Å². The van der Waals surface area contributed by atoms with Crippen molar-refractivity contribution in [1.82, 2.24) is 20.2 Å². The predicted molar refractivity (Wildman–Crippen MR) is 152 cm³/mol. The van der Waals surface area contributed by atoms with Crippen LogP contribution in [0.1, 0.15) is 38.8 Å². The van der Waals surface area contributed by atoms with E-state index in [1.165, 1.54) is 34.5 Å². The Kier molecular flexibility index (Phi) is 8.11. The van der Waals surface area contributed by atoms with Crippen molar-refractivity contribution in [2.24, 2.45) is 5.10 Å². The van der Waals surface area contributed by atoms with E-state index in [4.69, 9.17) is 0 Å². The molecule has 0 radical (unpaired) electrons. The van der Waals surface area contributed by atoms with Crippen LogP contribution in [0.3, 0.4) is 0 Å². The van der Waals surface area contributed by atoms with E-state index in [0.29, 0.717) is 10.6 Å². The summed E-state index contributed by atoms with van der Waals surface area (Å²) in [5.41, 5.74) is 3.59. The smallest absolute Gasteiger partial charge is 0.284 e. The molecule has 0 aliphatic carbocycles. The number of phenolic OH excluding ortho intramolecular Hbond substituents is 1. The number of likely N-dealkylation sites (N-methyl/N-ethyl adjacent to an activating group) is 1. The van der Waals surface area contributed by atoms with E-state index < -0.39 is 11.9 Å². The van der Waals surface area contributed by atoms with Crippen molar-refractivity contribution in [3.63, 3.8) is 0 Å². The van der Waals surface area contributed by atoms with Crippen LogP contribution in [0.4, 0.5) is 4.39 Å². The van der Waals surface area contributed by atoms with Gasteiger partial charge in [0.1, 0.15) is 11.6 Å². The normalized spacial score (nSPS) is 15.1. The number of nitrogens with zero attached hydrogens (tertiary/aromatic N) is 4. The highest BCUT2D eigenvalue weighted by molar-refractivity contribution is 7.17. The molecule has 1 unspecified atom stereocenters. The van der Waals surface area contributed by atoms with Gasteiger partial charge in [-0.2, -0.15) is 5.10 Å². The number of thiophene rings is 1. The molecule has 39 heavy (non-hydrogen) atoms. The number of hydrogen-bond donors (Lipinski definition) is 2. The molecule has 200 valence electrons. The van der Waals surface area contributed by atoms with Gasteiger partial charge in [-0.05, 0) is 61.6 Å². The molecule has 1 aliphatic heterocycles. The van der Waals surface area contributed by atoms with Crippen LogP contribution in [-0.2, 0) is 6.54 Å². The zero-order valence-electron chi connectivity index (χ0n) is 21.8. The number of carbonyl (C=O) groups excluding carboxylic acids is 1. The van der Waals surface area contributed by atoms with Crippen molar-refractivity contribution in [2.75, 3.05) is 27.2 Å². The number of pyridine rings is 1. The first-order valence-electron chi connectivity index (χ1n) is 12.7. The third kappa shape index (κ3) is 6.06. The third-order valence-corrected chi connectivity index (χ3v) is 7.69. The topological polar surface area (TPSA) is 81.1 Å². The Morgan fingerprint density at radius 2 is 1.95 bits per heavy atom. The van der Waals surface area contributed by atoms with Gasteiger partial charge in [0.2, 0.25) is 0 Å². The summed E-state index contributed by atoms with van der Waals surface area (Å²) in [4.78, 5) is 21.5. The Bertz CT molecular complexity index is 1470. The Morgan fingerprint density at radius 1 is 1.13 bits per heavy atom. The number of nitrogens with one attached hydrogen (secondary N) is 1. The number of hydrazone groups is 1. The largest absolute Gasteiger partial charge is 0.507 e. The number of carbonyl (C=O) groups is 1. The van der Waals surface area contributed by atoms with Gasteiger partial charge in [-0.15, -0.1) is 11.3 Å². The quantitative estimate of drug-likeness (QED) is 0.280. The van der Waals surface area contributed by atoms with Gasteiger partial charge in [0.15, 0.2) is 0 Å². The van der Waals surface area contributed by atoms with Crippen LogP contribution in [-0.4, -0.2) is 58.8 Å². The highest BCUT2D eigenvalue weighted by Gasteiger charge is 2.37. The zero-order valence-corrected chi connectivity index (χ0v) is 22.7. The van der Waals surface area contributed by atoms with Crippen LogP contribution in [0.15, 0.2) is 84.2 Å². The van der Waals surface area contributed by atoms with E-state index in [-0.39, 0.29) is 23.6 Å². The second-order valence-corrected chi connectivity index (χ2v) is 10.8. The van der Waals surface area contributed by atoms with Crippen molar-refractivity contribution in [1.29, 1.82) is 0 Å². The fourth-order valence-corrected chi connectivity index (χ4v) is 5.51. The van der Waals surface area contributed by atoms with E-state index >= 15 is 0 Å². The average molecular weight is 544 g/mol. The number of benzene rings is 2. The summed E-state index contributed by atoms with van der Waals surface area (Å²) in [5.74, 6) is -1.13. The Hall–Kier alpha value is -3.92. The highest BCUT2D eigenvalue weighted by Crippen LogP contribution is 2.40. The van der Waals surface area contributed by atoms with Gasteiger partial charge in [0.25, 0.3) is 5.91 Å². The minimum absolute atomic E-state index is 0.0553. The maximum atomic E-state index is 14.9. The lowest BCUT2D eigenvalue weighted by molar-refractivity contribution is 0.0712. The lowest BCUT2D eigenvalue weighted by atomic mass is 9.97. The van der Waals surface area contributed by atoms with Crippen molar-refractivity contribution >= 4 is 23.0 Å². The molecule has 1 aliphatic rings. The van der Waals surface area contributed by atoms with Crippen LogP contribution in [0.2, 0.25) is 0 Å². The fourth-order valence-electron chi connectivity index (χ4n) is 4.58. The maximum Gasteiger partial charge on any atom is 0.284 e. The maximum absolute atomic E-state index is 14.9. The fraction of sp³-hybridized carbons (Fsp3) is 0.233. The Balaban J connectivity index is 1.40. The summed E-state index contributed by atoms with van der Waals surface area (Å²) in [6.07, 6.45) is 3.58. The second kappa shape index (κ2) is 11.9. The molecule has 0 saturated heterocycles. The molecule has 0 fully saturated rings. The molecule has 2 aromatic carbocycles. The molecule has 1 atom stereocenters. The minimum atomic E-state index is -0.781.